The van der Waals surface area contributed by atoms with Crippen LogP contribution in [0.1, 0.15) is 27.9 Å². The summed E-state index contributed by atoms with van der Waals surface area (Å²) in [6, 6.07) is 13.0. The van der Waals surface area contributed by atoms with Crippen molar-refractivity contribution in [1.82, 2.24) is 0 Å². The molecule has 2 aromatic carbocycles. The summed E-state index contributed by atoms with van der Waals surface area (Å²) in [6.07, 6.45) is 2.32. The van der Waals surface area contributed by atoms with Gasteiger partial charge in [-0.25, -0.2) is 4.79 Å². The van der Waals surface area contributed by atoms with Crippen molar-refractivity contribution in [3.8, 4) is 5.75 Å². The molecule has 0 aliphatic carbocycles. The monoisotopic (exact) mass is 304 g/mol. The highest BCUT2D eigenvalue weighted by Gasteiger charge is 2.15. The molecule has 0 fully saturated rings. The maximum Gasteiger partial charge on any atom is 0.339 e. The molecule has 0 radical (unpaired) electrons. The quantitative estimate of drug-likeness (QED) is 0.869. The van der Waals surface area contributed by atoms with E-state index in [4.69, 9.17) is 16.3 Å². The topological polar surface area (TPSA) is 46.5 Å². The van der Waals surface area contributed by atoms with Gasteiger partial charge in [-0.1, -0.05) is 41.9 Å². The molecule has 0 unspecified atom stereocenters. The SMILES string of the molecule is COc1cccc(CCCc2ccccc2Cl)c1C(=O)O. The van der Waals surface area contributed by atoms with Crippen molar-refractivity contribution in [3.05, 3.63) is 64.2 Å². The van der Waals surface area contributed by atoms with Crippen LogP contribution in [0.3, 0.4) is 0 Å². The summed E-state index contributed by atoms with van der Waals surface area (Å²) in [5.74, 6) is -0.557. The number of rotatable bonds is 6. The first-order valence-corrected chi connectivity index (χ1v) is 7.14. The Balaban J connectivity index is 2.10. The molecule has 0 aromatic heterocycles. The van der Waals surface area contributed by atoms with Gasteiger partial charge in [0.2, 0.25) is 0 Å². The lowest BCUT2D eigenvalue weighted by Gasteiger charge is -2.10. The third-order valence-corrected chi connectivity index (χ3v) is 3.77. The fraction of sp³-hybridized carbons (Fsp3) is 0.235. The lowest BCUT2D eigenvalue weighted by molar-refractivity contribution is 0.0692. The minimum Gasteiger partial charge on any atom is -0.496 e. The van der Waals surface area contributed by atoms with Crippen LogP contribution in [-0.2, 0) is 12.8 Å². The molecular formula is C17H17ClO3. The predicted molar refractivity (Wildman–Crippen MR) is 83.4 cm³/mol. The van der Waals surface area contributed by atoms with Crippen LogP contribution in [0.15, 0.2) is 42.5 Å². The average Bonchev–Trinajstić information content (AvgIpc) is 2.48. The zero-order valence-electron chi connectivity index (χ0n) is 11.8. The Bertz CT molecular complexity index is 638. The molecule has 0 bridgehead atoms. The van der Waals surface area contributed by atoms with E-state index in [0.717, 1.165) is 29.0 Å². The Hall–Kier alpha value is -2.00. The van der Waals surface area contributed by atoms with E-state index in [9.17, 15) is 9.90 Å². The summed E-state index contributed by atoms with van der Waals surface area (Å²) in [4.78, 5) is 11.4. The highest BCUT2D eigenvalue weighted by atomic mass is 35.5. The summed E-state index contributed by atoms with van der Waals surface area (Å²) < 4.78 is 5.13. The predicted octanol–water partition coefficient (Wildman–Crippen LogP) is 4.22. The maximum atomic E-state index is 11.4. The molecule has 4 heteroatoms. The summed E-state index contributed by atoms with van der Waals surface area (Å²) in [7, 11) is 1.48. The van der Waals surface area contributed by atoms with Gasteiger partial charge >= 0.3 is 5.97 Å². The van der Waals surface area contributed by atoms with Gasteiger partial charge in [-0.2, -0.15) is 0 Å². The number of ether oxygens (including phenoxy) is 1. The molecule has 21 heavy (non-hydrogen) atoms. The molecule has 0 aliphatic rings. The molecular weight excluding hydrogens is 288 g/mol. The number of methoxy groups -OCH3 is 1. The van der Waals surface area contributed by atoms with Gasteiger partial charge in [0, 0.05) is 5.02 Å². The van der Waals surface area contributed by atoms with Crippen molar-refractivity contribution in [3.63, 3.8) is 0 Å². The van der Waals surface area contributed by atoms with Gasteiger partial charge in [-0.3, -0.25) is 0 Å². The Morgan fingerprint density at radius 1 is 1.10 bits per heavy atom. The van der Waals surface area contributed by atoms with Gasteiger partial charge in [0.15, 0.2) is 0 Å². The smallest absolute Gasteiger partial charge is 0.339 e. The van der Waals surface area contributed by atoms with E-state index in [0.29, 0.717) is 12.2 Å². The van der Waals surface area contributed by atoms with Crippen molar-refractivity contribution >= 4 is 17.6 Å². The normalized spacial score (nSPS) is 10.4. The molecule has 0 amide bonds. The molecule has 2 rings (SSSR count). The number of carboxylic acids is 1. The number of hydrogen-bond donors (Lipinski definition) is 1. The first kappa shape index (κ1) is 15.4. The van der Waals surface area contributed by atoms with E-state index in [-0.39, 0.29) is 5.56 Å². The summed E-state index contributed by atoms with van der Waals surface area (Å²) >= 11 is 6.12. The molecule has 0 saturated heterocycles. The minimum atomic E-state index is -0.958. The molecule has 0 saturated carbocycles. The van der Waals surface area contributed by atoms with Crippen LogP contribution < -0.4 is 4.74 Å². The van der Waals surface area contributed by atoms with Crippen molar-refractivity contribution in [1.29, 1.82) is 0 Å². The Morgan fingerprint density at radius 3 is 2.43 bits per heavy atom. The van der Waals surface area contributed by atoms with Gasteiger partial charge in [0.25, 0.3) is 0 Å². The number of carbonyl (C=O) groups is 1. The van der Waals surface area contributed by atoms with Crippen LogP contribution >= 0.6 is 11.6 Å². The summed E-state index contributed by atoms with van der Waals surface area (Å²) in [5.41, 5.74) is 2.12. The lowest BCUT2D eigenvalue weighted by atomic mass is 9.99. The van der Waals surface area contributed by atoms with Gasteiger partial charge in [-0.05, 0) is 42.5 Å². The number of carboxylic acid groups (broad SMARTS) is 1. The molecule has 0 heterocycles. The van der Waals surface area contributed by atoms with Crippen LogP contribution in [0.5, 0.6) is 5.75 Å². The van der Waals surface area contributed by atoms with Gasteiger partial charge in [0.1, 0.15) is 11.3 Å². The number of halogens is 1. The van der Waals surface area contributed by atoms with E-state index < -0.39 is 5.97 Å². The van der Waals surface area contributed by atoms with Crippen LogP contribution in [0.25, 0.3) is 0 Å². The first-order valence-electron chi connectivity index (χ1n) is 6.76. The Kier molecular flexibility index (Phi) is 5.23. The van der Waals surface area contributed by atoms with Crippen molar-refractivity contribution in [2.24, 2.45) is 0 Å². The Morgan fingerprint density at radius 2 is 1.76 bits per heavy atom. The summed E-state index contributed by atoms with van der Waals surface area (Å²) in [6.45, 7) is 0. The number of aromatic carboxylic acids is 1. The third kappa shape index (κ3) is 3.76. The van der Waals surface area contributed by atoms with Gasteiger partial charge in [0.05, 0.1) is 7.11 Å². The van der Waals surface area contributed by atoms with E-state index in [1.807, 2.05) is 36.4 Å². The molecule has 0 atom stereocenters. The van der Waals surface area contributed by atoms with E-state index in [2.05, 4.69) is 0 Å². The minimum absolute atomic E-state index is 0.249. The van der Waals surface area contributed by atoms with Crippen molar-refractivity contribution < 1.29 is 14.6 Å². The highest BCUT2D eigenvalue weighted by molar-refractivity contribution is 6.31. The molecule has 2 aromatic rings. The summed E-state index contributed by atoms with van der Waals surface area (Å²) in [5, 5.41) is 10.1. The van der Waals surface area contributed by atoms with Crippen LogP contribution in [0.2, 0.25) is 5.02 Å². The fourth-order valence-electron chi connectivity index (χ4n) is 2.37. The third-order valence-electron chi connectivity index (χ3n) is 3.40. The van der Waals surface area contributed by atoms with Crippen molar-refractivity contribution in [2.75, 3.05) is 7.11 Å². The standard InChI is InChI=1S/C17H17ClO3/c1-21-15-11-5-9-13(16(15)17(19)20)8-4-7-12-6-2-3-10-14(12)18/h2-3,5-6,9-11H,4,7-8H2,1H3,(H,19,20). The molecule has 110 valence electrons. The van der Waals surface area contributed by atoms with E-state index >= 15 is 0 Å². The largest absolute Gasteiger partial charge is 0.496 e. The molecule has 0 spiro atoms. The number of benzene rings is 2. The van der Waals surface area contributed by atoms with Crippen LogP contribution in [-0.4, -0.2) is 18.2 Å². The second-order valence-corrected chi connectivity index (χ2v) is 5.15. The molecule has 3 nitrogen and oxygen atoms in total. The molecule has 1 N–H and O–H groups in total. The lowest BCUT2D eigenvalue weighted by Crippen LogP contribution is -2.06. The van der Waals surface area contributed by atoms with E-state index in [1.54, 1.807) is 6.07 Å². The second kappa shape index (κ2) is 7.14. The zero-order valence-corrected chi connectivity index (χ0v) is 12.6. The van der Waals surface area contributed by atoms with Crippen molar-refractivity contribution in [2.45, 2.75) is 19.3 Å². The average molecular weight is 305 g/mol. The van der Waals surface area contributed by atoms with Crippen LogP contribution in [0, 0.1) is 0 Å². The Labute approximate surface area is 129 Å². The first-order chi connectivity index (χ1) is 10.1. The fourth-order valence-corrected chi connectivity index (χ4v) is 2.60. The zero-order chi connectivity index (χ0) is 15.2. The van der Waals surface area contributed by atoms with E-state index in [1.165, 1.54) is 7.11 Å². The number of aryl methyl sites for hydroxylation is 2. The van der Waals surface area contributed by atoms with Crippen LogP contribution in [0.4, 0.5) is 0 Å². The number of hydrogen-bond acceptors (Lipinski definition) is 2. The molecule has 0 aliphatic heterocycles. The van der Waals surface area contributed by atoms with Gasteiger partial charge in [-0.15, -0.1) is 0 Å². The maximum absolute atomic E-state index is 11.4. The van der Waals surface area contributed by atoms with Gasteiger partial charge < -0.3 is 9.84 Å². The second-order valence-electron chi connectivity index (χ2n) is 4.74. The highest BCUT2D eigenvalue weighted by Crippen LogP contribution is 2.24.